The Morgan fingerprint density at radius 1 is 0.607 bits per heavy atom. The third-order valence-corrected chi connectivity index (χ3v) is 6.22. The van der Waals surface area contributed by atoms with Gasteiger partial charge in [0.15, 0.2) is 0 Å². The van der Waals surface area contributed by atoms with E-state index in [0.29, 0.717) is 17.9 Å². The summed E-state index contributed by atoms with van der Waals surface area (Å²) in [6, 6.07) is 11.3. The highest BCUT2D eigenvalue weighted by atomic mass is 79.9. The number of aromatic hydroxyl groups is 2. The molecule has 2 N–H and O–H groups in total. The minimum Gasteiger partial charge on any atom is -0.506 e. The van der Waals surface area contributed by atoms with E-state index >= 15 is 0 Å². The summed E-state index contributed by atoms with van der Waals surface area (Å²) in [5.41, 5.74) is 3.70. The van der Waals surface area contributed by atoms with Gasteiger partial charge in [-0.2, -0.15) is 0 Å². The van der Waals surface area contributed by atoms with Crippen LogP contribution in [0.15, 0.2) is 60.5 Å². The van der Waals surface area contributed by atoms with Crippen LogP contribution in [0.4, 0.5) is 0 Å². The van der Waals surface area contributed by atoms with Gasteiger partial charge in [-0.05, 0) is 123 Å². The molecular formula is C21H13Br4NO2. The Morgan fingerprint density at radius 3 is 1.54 bits per heavy atom. The molecule has 0 bridgehead atoms. The summed E-state index contributed by atoms with van der Waals surface area (Å²) in [7, 11) is 0. The molecule has 0 aliphatic rings. The molecule has 0 fully saturated rings. The number of rotatable bonds is 4. The number of phenolic OH excluding ortho intramolecular Hbond substituents is 2. The zero-order valence-corrected chi connectivity index (χ0v) is 20.5. The third kappa shape index (κ3) is 5.35. The van der Waals surface area contributed by atoms with Crippen molar-refractivity contribution in [2.45, 2.75) is 0 Å². The van der Waals surface area contributed by atoms with E-state index in [9.17, 15) is 10.2 Å². The fourth-order valence-corrected chi connectivity index (χ4v) is 4.84. The van der Waals surface area contributed by atoms with E-state index in [4.69, 9.17) is 0 Å². The molecule has 28 heavy (non-hydrogen) atoms. The number of phenols is 2. The van der Waals surface area contributed by atoms with Crippen molar-refractivity contribution < 1.29 is 10.2 Å². The molecule has 0 amide bonds. The topological polar surface area (TPSA) is 53.4 Å². The molecule has 0 spiro atoms. The molecule has 0 radical (unpaired) electrons. The molecule has 2 aromatic carbocycles. The van der Waals surface area contributed by atoms with Gasteiger partial charge in [0.25, 0.3) is 0 Å². The molecule has 1 heterocycles. The van der Waals surface area contributed by atoms with E-state index < -0.39 is 0 Å². The lowest BCUT2D eigenvalue weighted by molar-refractivity contribution is 0.468. The first-order chi connectivity index (χ1) is 13.3. The lowest BCUT2D eigenvalue weighted by Gasteiger charge is -2.03. The molecule has 0 saturated heterocycles. The first-order valence-electron chi connectivity index (χ1n) is 8.02. The van der Waals surface area contributed by atoms with Crippen LogP contribution < -0.4 is 0 Å². The van der Waals surface area contributed by atoms with Crippen LogP contribution in [-0.2, 0) is 0 Å². The monoisotopic (exact) mass is 627 g/mol. The minimum absolute atomic E-state index is 0.176. The van der Waals surface area contributed by atoms with Gasteiger partial charge < -0.3 is 10.2 Å². The molecule has 3 aromatic rings. The van der Waals surface area contributed by atoms with E-state index in [2.05, 4.69) is 68.7 Å². The van der Waals surface area contributed by atoms with Crippen molar-refractivity contribution >= 4 is 88.0 Å². The Kier molecular flexibility index (Phi) is 7.15. The van der Waals surface area contributed by atoms with Gasteiger partial charge in [0, 0.05) is 6.20 Å². The fourth-order valence-electron chi connectivity index (χ4n) is 2.40. The Labute approximate surface area is 196 Å². The van der Waals surface area contributed by atoms with Crippen molar-refractivity contribution in [2.75, 3.05) is 0 Å². The molecule has 0 aliphatic carbocycles. The zero-order chi connectivity index (χ0) is 20.3. The number of hydrogen-bond acceptors (Lipinski definition) is 3. The number of halogens is 4. The van der Waals surface area contributed by atoms with E-state index in [1.165, 1.54) is 0 Å². The van der Waals surface area contributed by atoms with Crippen molar-refractivity contribution in [3.05, 3.63) is 82.9 Å². The zero-order valence-electron chi connectivity index (χ0n) is 14.2. The summed E-state index contributed by atoms with van der Waals surface area (Å²) in [5.74, 6) is 0.357. The second-order valence-corrected chi connectivity index (χ2v) is 9.26. The van der Waals surface area contributed by atoms with E-state index in [0.717, 1.165) is 22.4 Å². The second-order valence-electron chi connectivity index (χ2n) is 5.85. The smallest absolute Gasteiger partial charge is 0.143 e. The molecule has 0 atom stereocenters. The summed E-state index contributed by atoms with van der Waals surface area (Å²) >= 11 is 13.3. The fraction of sp³-hybridized carbons (Fsp3) is 0. The maximum atomic E-state index is 9.80. The summed E-state index contributed by atoms with van der Waals surface area (Å²) < 4.78 is 2.51. The average molecular weight is 631 g/mol. The van der Waals surface area contributed by atoms with Crippen molar-refractivity contribution in [3.63, 3.8) is 0 Å². The number of pyridine rings is 1. The Bertz CT molecular complexity index is 965. The Hall–Kier alpha value is -1.41. The summed E-state index contributed by atoms with van der Waals surface area (Å²) in [6.45, 7) is 0. The van der Waals surface area contributed by atoms with Crippen LogP contribution in [0.5, 0.6) is 11.5 Å². The predicted molar refractivity (Wildman–Crippen MR) is 129 cm³/mol. The van der Waals surface area contributed by atoms with Crippen LogP contribution in [0.25, 0.3) is 24.3 Å². The highest BCUT2D eigenvalue weighted by Crippen LogP contribution is 2.34. The highest BCUT2D eigenvalue weighted by molar-refractivity contribution is 9.11. The van der Waals surface area contributed by atoms with E-state index in [-0.39, 0.29) is 11.5 Å². The van der Waals surface area contributed by atoms with Gasteiger partial charge in [-0.15, -0.1) is 0 Å². The lowest BCUT2D eigenvalue weighted by Crippen LogP contribution is -1.83. The molecule has 0 aliphatic heterocycles. The molecule has 142 valence electrons. The maximum Gasteiger partial charge on any atom is 0.143 e. The van der Waals surface area contributed by atoms with Crippen molar-refractivity contribution in [1.82, 2.24) is 4.98 Å². The number of benzene rings is 2. The van der Waals surface area contributed by atoms with Gasteiger partial charge in [-0.3, -0.25) is 4.98 Å². The van der Waals surface area contributed by atoms with Crippen molar-refractivity contribution in [2.24, 2.45) is 0 Å². The highest BCUT2D eigenvalue weighted by Gasteiger charge is 2.05. The van der Waals surface area contributed by atoms with Crippen molar-refractivity contribution in [3.8, 4) is 11.5 Å². The van der Waals surface area contributed by atoms with Crippen LogP contribution >= 0.6 is 63.7 Å². The maximum absolute atomic E-state index is 9.80. The quantitative estimate of drug-likeness (QED) is 0.308. The number of hydrogen-bond donors (Lipinski definition) is 2. The first-order valence-corrected chi connectivity index (χ1v) is 11.2. The SMILES string of the molecule is Oc1c(Br)cc(C=Cc2cc(/C=C/c3cc(Br)c(O)c(Br)c3)ccn2)cc1Br. The van der Waals surface area contributed by atoms with E-state index in [1.807, 2.05) is 60.7 Å². The van der Waals surface area contributed by atoms with Gasteiger partial charge in [-0.25, -0.2) is 0 Å². The van der Waals surface area contributed by atoms with Crippen LogP contribution in [0.2, 0.25) is 0 Å². The van der Waals surface area contributed by atoms with Gasteiger partial charge in [0.05, 0.1) is 23.6 Å². The van der Waals surface area contributed by atoms with Crippen LogP contribution in [-0.4, -0.2) is 15.2 Å². The molecule has 7 heteroatoms. The predicted octanol–water partition coefficient (Wildman–Crippen LogP) is 7.88. The Morgan fingerprint density at radius 2 is 1.04 bits per heavy atom. The molecule has 0 unspecified atom stereocenters. The van der Waals surface area contributed by atoms with Gasteiger partial charge >= 0.3 is 0 Å². The average Bonchev–Trinajstić information content (AvgIpc) is 2.67. The lowest BCUT2D eigenvalue weighted by atomic mass is 10.1. The third-order valence-electron chi connectivity index (χ3n) is 3.80. The molecule has 1 aromatic heterocycles. The van der Waals surface area contributed by atoms with Crippen molar-refractivity contribution in [1.29, 1.82) is 0 Å². The van der Waals surface area contributed by atoms with Crippen LogP contribution in [0.1, 0.15) is 22.4 Å². The summed E-state index contributed by atoms with van der Waals surface area (Å²) in [4.78, 5) is 4.37. The number of aromatic nitrogens is 1. The van der Waals surface area contributed by atoms with E-state index in [1.54, 1.807) is 6.20 Å². The van der Waals surface area contributed by atoms with Gasteiger partial charge in [0.2, 0.25) is 0 Å². The van der Waals surface area contributed by atoms with Crippen LogP contribution in [0, 0.1) is 0 Å². The van der Waals surface area contributed by atoms with Gasteiger partial charge in [0.1, 0.15) is 11.5 Å². The van der Waals surface area contributed by atoms with Crippen LogP contribution in [0.3, 0.4) is 0 Å². The molecular weight excluding hydrogens is 618 g/mol. The summed E-state index contributed by atoms with van der Waals surface area (Å²) in [6.07, 6.45) is 9.55. The molecule has 0 saturated carbocycles. The summed E-state index contributed by atoms with van der Waals surface area (Å²) in [5, 5.41) is 19.6. The molecule has 3 nitrogen and oxygen atoms in total. The number of nitrogens with zero attached hydrogens (tertiary/aromatic N) is 1. The second kappa shape index (κ2) is 9.39. The minimum atomic E-state index is 0.176. The van der Waals surface area contributed by atoms with Gasteiger partial charge in [-0.1, -0.05) is 18.2 Å². The largest absolute Gasteiger partial charge is 0.506 e. The molecule has 3 rings (SSSR count). The standard InChI is InChI=1S/C21H13Br4NO2/c22-16-8-13(9-17(23)20(16)27)2-1-12-5-6-26-15(7-12)4-3-14-10-18(24)21(28)19(25)11-14/h1-11,27-28H/b2-1+,4-3?. The Balaban J connectivity index is 1.81. The first kappa shape index (κ1) is 21.3. The normalized spacial score (nSPS) is 11.6.